The van der Waals surface area contributed by atoms with Crippen LogP contribution in [0, 0.1) is 0 Å². The van der Waals surface area contributed by atoms with E-state index in [2.05, 4.69) is 34.9 Å². The van der Waals surface area contributed by atoms with E-state index in [0.717, 1.165) is 11.1 Å². The maximum Gasteiger partial charge on any atom is 0.339 e. The monoisotopic (exact) mass is 322 g/mol. The van der Waals surface area contributed by atoms with Gasteiger partial charge in [0, 0.05) is 6.54 Å². The van der Waals surface area contributed by atoms with Crippen LogP contribution >= 0.6 is 0 Å². The van der Waals surface area contributed by atoms with Gasteiger partial charge < -0.3 is 5.32 Å². The van der Waals surface area contributed by atoms with Crippen molar-refractivity contribution in [1.29, 1.82) is 0 Å². The summed E-state index contributed by atoms with van der Waals surface area (Å²) < 4.78 is 0. The first-order valence-corrected chi connectivity index (χ1v) is 7.92. The third kappa shape index (κ3) is 2.19. The normalized spacial score (nSPS) is 20.4. The summed E-state index contributed by atoms with van der Waals surface area (Å²) in [6.45, 7) is 1.19. The van der Waals surface area contributed by atoms with Crippen molar-refractivity contribution in [3.63, 3.8) is 0 Å². The summed E-state index contributed by atoms with van der Waals surface area (Å²) in [7, 11) is 0. The minimum atomic E-state index is -0.537. The third-order valence-corrected chi connectivity index (χ3v) is 4.65. The molecule has 122 valence electrons. The largest absolute Gasteiger partial charge is 0.339 e. The predicted molar refractivity (Wildman–Crippen MR) is 88.6 cm³/mol. The van der Waals surface area contributed by atoms with E-state index in [1.54, 1.807) is 0 Å². The second kappa shape index (κ2) is 5.74. The number of nitrogens with one attached hydrogen (secondary N) is 2. The van der Waals surface area contributed by atoms with E-state index in [1.807, 2.05) is 41.4 Å². The number of carbonyl (C=O) groups is 2. The number of hydrogen-bond donors (Lipinski definition) is 2. The molecule has 2 fully saturated rings. The van der Waals surface area contributed by atoms with Gasteiger partial charge in [-0.3, -0.25) is 10.1 Å². The van der Waals surface area contributed by atoms with Crippen molar-refractivity contribution < 1.29 is 9.59 Å². The summed E-state index contributed by atoms with van der Waals surface area (Å²) in [6, 6.07) is 19.8. The summed E-state index contributed by atoms with van der Waals surface area (Å²) in [5.74, 6) is -0.276. The van der Waals surface area contributed by atoms with Crippen LogP contribution in [0.1, 0.15) is 11.1 Å². The highest BCUT2D eigenvalue weighted by atomic mass is 16.2. The summed E-state index contributed by atoms with van der Waals surface area (Å²) in [5, 5.41) is 9.19. The lowest BCUT2D eigenvalue weighted by Gasteiger charge is -2.42. The Morgan fingerprint density at radius 3 is 1.96 bits per heavy atom. The fourth-order valence-corrected chi connectivity index (χ4v) is 3.58. The number of amides is 3. The lowest BCUT2D eigenvalue weighted by atomic mass is 9.83. The van der Waals surface area contributed by atoms with Crippen molar-refractivity contribution in [2.75, 3.05) is 19.8 Å². The molecule has 0 bridgehead atoms. The van der Waals surface area contributed by atoms with Gasteiger partial charge in [0.25, 0.3) is 0 Å². The summed E-state index contributed by atoms with van der Waals surface area (Å²) in [5.41, 5.74) is 1.62. The Kier molecular flexibility index (Phi) is 3.55. The van der Waals surface area contributed by atoms with Crippen LogP contribution in [0.15, 0.2) is 60.7 Å². The van der Waals surface area contributed by atoms with Gasteiger partial charge in [0.05, 0.1) is 6.67 Å². The molecular weight excluding hydrogens is 304 g/mol. The molecule has 2 aliphatic rings. The Balaban J connectivity index is 1.87. The van der Waals surface area contributed by atoms with E-state index >= 15 is 0 Å². The van der Waals surface area contributed by atoms with Gasteiger partial charge >= 0.3 is 6.03 Å². The standard InChI is InChI=1S/C18H18N4O2/c23-16-11-21(17(24)20-16)22-13-19-12-18(22,14-7-3-1-4-8-14)15-9-5-2-6-10-15/h1-10,19H,11-13H2,(H,20,23,24). The van der Waals surface area contributed by atoms with Gasteiger partial charge in [-0.05, 0) is 11.1 Å². The van der Waals surface area contributed by atoms with E-state index in [4.69, 9.17) is 0 Å². The maximum absolute atomic E-state index is 12.2. The lowest BCUT2D eigenvalue weighted by Crippen LogP contribution is -2.54. The van der Waals surface area contributed by atoms with Crippen molar-refractivity contribution >= 4 is 11.9 Å². The molecule has 2 aliphatic heterocycles. The van der Waals surface area contributed by atoms with E-state index in [-0.39, 0.29) is 18.5 Å². The van der Waals surface area contributed by atoms with Gasteiger partial charge in [-0.2, -0.15) is 5.01 Å². The topological polar surface area (TPSA) is 64.7 Å². The number of carbonyl (C=O) groups excluding carboxylic acids is 2. The van der Waals surface area contributed by atoms with Gasteiger partial charge in [0.1, 0.15) is 12.1 Å². The summed E-state index contributed by atoms with van der Waals surface area (Å²) in [6.07, 6.45) is 0. The number of imide groups is 1. The van der Waals surface area contributed by atoms with Crippen LogP contribution in [0.25, 0.3) is 0 Å². The smallest absolute Gasteiger partial charge is 0.300 e. The Morgan fingerprint density at radius 2 is 1.46 bits per heavy atom. The number of nitrogens with zero attached hydrogens (tertiary/aromatic N) is 2. The first-order valence-electron chi connectivity index (χ1n) is 7.92. The van der Waals surface area contributed by atoms with Crippen molar-refractivity contribution in [2.24, 2.45) is 0 Å². The number of hydrazine groups is 1. The molecule has 24 heavy (non-hydrogen) atoms. The molecule has 0 atom stereocenters. The molecule has 2 saturated heterocycles. The van der Waals surface area contributed by atoms with Crippen LogP contribution in [-0.4, -0.2) is 41.7 Å². The van der Waals surface area contributed by atoms with Crippen molar-refractivity contribution in [2.45, 2.75) is 5.54 Å². The number of rotatable bonds is 3. The van der Waals surface area contributed by atoms with E-state index in [0.29, 0.717) is 13.2 Å². The van der Waals surface area contributed by atoms with Gasteiger partial charge in [-0.1, -0.05) is 60.7 Å². The molecule has 0 saturated carbocycles. The number of benzene rings is 2. The molecule has 6 nitrogen and oxygen atoms in total. The fraction of sp³-hybridized carbons (Fsp3) is 0.222. The minimum absolute atomic E-state index is 0.0436. The molecule has 0 unspecified atom stereocenters. The van der Waals surface area contributed by atoms with Gasteiger partial charge in [0.2, 0.25) is 5.91 Å². The van der Waals surface area contributed by atoms with E-state index in [1.165, 1.54) is 5.01 Å². The van der Waals surface area contributed by atoms with Crippen LogP contribution in [-0.2, 0) is 10.3 Å². The molecular formula is C18H18N4O2. The highest BCUT2D eigenvalue weighted by Gasteiger charge is 2.49. The van der Waals surface area contributed by atoms with E-state index < -0.39 is 5.54 Å². The minimum Gasteiger partial charge on any atom is -0.300 e. The summed E-state index contributed by atoms with van der Waals surface area (Å²) in [4.78, 5) is 23.9. The second-order valence-corrected chi connectivity index (χ2v) is 5.99. The Bertz CT molecular complexity index is 724. The zero-order chi connectivity index (χ0) is 16.6. The summed E-state index contributed by atoms with van der Waals surface area (Å²) >= 11 is 0. The Hall–Kier alpha value is -2.70. The number of hydrogen-bond acceptors (Lipinski definition) is 4. The van der Waals surface area contributed by atoms with Gasteiger partial charge in [0.15, 0.2) is 0 Å². The van der Waals surface area contributed by atoms with Crippen molar-refractivity contribution in [3.05, 3.63) is 71.8 Å². The van der Waals surface area contributed by atoms with Crippen LogP contribution in [0.5, 0.6) is 0 Å². The highest BCUT2D eigenvalue weighted by molar-refractivity contribution is 6.01. The second-order valence-electron chi connectivity index (χ2n) is 5.99. The SMILES string of the molecule is O=C1CN(N2CNCC2(c2ccccc2)c2ccccc2)C(=O)N1. The first kappa shape index (κ1) is 14.9. The average Bonchev–Trinajstić information content (AvgIpc) is 3.20. The zero-order valence-electron chi connectivity index (χ0n) is 13.1. The van der Waals surface area contributed by atoms with Crippen LogP contribution < -0.4 is 10.6 Å². The molecule has 2 heterocycles. The Labute approximate surface area is 140 Å². The van der Waals surface area contributed by atoms with Crippen LogP contribution in [0.4, 0.5) is 4.79 Å². The maximum atomic E-state index is 12.2. The lowest BCUT2D eigenvalue weighted by molar-refractivity contribution is -0.120. The molecule has 0 aromatic heterocycles. The average molecular weight is 322 g/mol. The molecule has 4 rings (SSSR count). The molecule has 2 N–H and O–H groups in total. The quantitative estimate of drug-likeness (QED) is 0.835. The van der Waals surface area contributed by atoms with Gasteiger partial charge in [-0.25, -0.2) is 9.80 Å². The molecule has 2 aromatic carbocycles. The molecule has 3 amide bonds. The molecule has 0 radical (unpaired) electrons. The van der Waals surface area contributed by atoms with E-state index in [9.17, 15) is 9.59 Å². The Morgan fingerprint density at radius 1 is 0.875 bits per heavy atom. The van der Waals surface area contributed by atoms with Crippen LogP contribution in [0.3, 0.4) is 0 Å². The van der Waals surface area contributed by atoms with Crippen LogP contribution in [0.2, 0.25) is 0 Å². The molecule has 2 aromatic rings. The highest BCUT2D eigenvalue weighted by Crippen LogP contribution is 2.39. The molecule has 6 heteroatoms. The first-order chi connectivity index (χ1) is 11.7. The number of urea groups is 1. The van der Waals surface area contributed by atoms with Crippen molar-refractivity contribution in [1.82, 2.24) is 20.7 Å². The molecule has 0 aliphatic carbocycles. The zero-order valence-corrected chi connectivity index (χ0v) is 13.1. The molecule has 0 spiro atoms. The predicted octanol–water partition coefficient (Wildman–Crippen LogP) is 1.26. The fourth-order valence-electron chi connectivity index (χ4n) is 3.58. The van der Waals surface area contributed by atoms with Crippen molar-refractivity contribution in [3.8, 4) is 0 Å². The van der Waals surface area contributed by atoms with Gasteiger partial charge in [-0.15, -0.1) is 0 Å². The third-order valence-electron chi connectivity index (χ3n) is 4.65.